The van der Waals surface area contributed by atoms with E-state index < -0.39 is 22.5 Å². The molecule has 0 aliphatic heterocycles. The number of hydrogen-bond donors (Lipinski definition) is 1. The summed E-state index contributed by atoms with van der Waals surface area (Å²) >= 11 is 0. The van der Waals surface area contributed by atoms with Gasteiger partial charge in [-0.1, -0.05) is 24.3 Å². The highest BCUT2D eigenvalue weighted by Gasteiger charge is 2.30. The predicted molar refractivity (Wildman–Crippen MR) is 134 cm³/mol. The highest BCUT2D eigenvalue weighted by Crippen LogP contribution is 2.32. The first kappa shape index (κ1) is 25.1. The Labute approximate surface area is 201 Å². The molecule has 0 saturated carbocycles. The van der Waals surface area contributed by atoms with E-state index in [-0.39, 0.29) is 10.6 Å². The van der Waals surface area contributed by atoms with Gasteiger partial charge >= 0.3 is 0 Å². The van der Waals surface area contributed by atoms with E-state index in [0.717, 1.165) is 21.0 Å². The minimum absolute atomic E-state index is 0.00308. The molecule has 1 N–H and O–H groups in total. The maximum absolute atomic E-state index is 13.9. The molecule has 3 rings (SSSR count). The second-order valence-corrected chi connectivity index (χ2v) is 9.82. The lowest BCUT2D eigenvalue weighted by atomic mass is 10.1. The number of para-hydroxylation sites is 2. The summed E-state index contributed by atoms with van der Waals surface area (Å²) in [4.78, 5) is 13.1. The number of carbonyl (C=O) groups excluding carboxylic acids is 1. The van der Waals surface area contributed by atoms with Gasteiger partial charge in [0.1, 0.15) is 22.9 Å². The number of nitrogens with zero attached hydrogens (tertiary/aromatic N) is 1. The van der Waals surface area contributed by atoms with Gasteiger partial charge < -0.3 is 14.8 Å². The molecule has 7 nitrogen and oxygen atoms in total. The maximum atomic E-state index is 13.9. The van der Waals surface area contributed by atoms with Crippen LogP contribution in [0, 0.1) is 20.8 Å². The smallest absolute Gasteiger partial charge is 0.268 e. The summed E-state index contributed by atoms with van der Waals surface area (Å²) in [6.07, 6.45) is 0. The minimum Gasteiger partial charge on any atom is -0.495 e. The number of carbonyl (C=O) groups is 1. The highest BCUT2D eigenvalue weighted by molar-refractivity contribution is 7.93. The SMILES string of the molecule is CCOc1ccccc1NC(=O)CN(c1cc(C)cc(C)c1)S(=O)(=O)c1cc(C)ccc1OC. The Balaban J connectivity index is 2.05. The van der Waals surface area contributed by atoms with Crippen molar-refractivity contribution in [3.8, 4) is 11.5 Å². The molecule has 0 bridgehead atoms. The third-order valence-electron chi connectivity index (χ3n) is 5.13. The molecule has 1 amide bonds. The van der Waals surface area contributed by atoms with Crippen molar-refractivity contribution in [3.05, 3.63) is 77.4 Å². The predicted octanol–water partition coefficient (Wildman–Crippen LogP) is 4.85. The summed E-state index contributed by atoms with van der Waals surface area (Å²) < 4.78 is 39.8. The fourth-order valence-corrected chi connectivity index (χ4v) is 5.33. The molecule has 0 spiro atoms. The Morgan fingerprint density at radius 2 is 1.59 bits per heavy atom. The zero-order valence-electron chi connectivity index (χ0n) is 20.1. The van der Waals surface area contributed by atoms with Crippen molar-refractivity contribution in [2.75, 3.05) is 29.9 Å². The van der Waals surface area contributed by atoms with Gasteiger partial charge in [-0.05, 0) is 80.8 Å². The van der Waals surface area contributed by atoms with E-state index in [1.807, 2.05) is 26.8 Å². The van der Waals surface area contributed by atoms with Gasteiger partial charge in [0.25, 0.3) is 10.0 Å². The lowest BCUT2D eigenvalue weighted by molar-refractivity contribution is -0.114. The number of methoxy groups -OCH3 is 1. The van der Waals surface area contributed by atoms with Gasteiger partial charge in [0, 0.05) is 0 Å². The highest BCUT2D eigenvalue weighted by atomic mass is 32.2. The summed E-state index contributed by atoms with van der Waals surface area (Å²) in [7, 11) is -2.73. The van der Waals surface area contributed by atoms with Crippen LogP contribution in [0.4, 0.5) is 11.4 Å². The van der Waals surface area contributed by atoms with Crippen LogP contribution in [0.15, 0.2) is 65.6 Å². The number of aryl methyl sites for hydroxylation is 3. The minimum atomic E-state index is -4.14. The van der Waals surface area contributed by atoms with Crippen LogP contribution in [-0.4, -0.2) is 34.6 Å². The van der Waals surface area contributed by atoms with Crippen molar-refractivity contribution >= 4 is 27.3 Å². The second kappa shape index (κ2) is 10.6. The van der Waals surface area contributed by atoms with Gasteiger partial charge in [0.15, 0.2) is 0 Å². The Kier molecular flexibility index (Phi) is 7.83. The van der Waals surface area contributed by atoms with Crippen LogP contribution in [0.5, 0.6) is 11.5 Å². The Hall–Kier alpha value is -3.52. The molecular formula is C26H30N2O5S. The molecule has 3 aromatic rings. The average molecular weight is 483 g/mol. The van der Waals surface area contributed by atoms with Gasteiger partial charge in [0.05, 0.1) is 25.1 Å². The zero-order chi connectivity index (χ0) is 24.9. The van der Waals surface area contributed by atoms with E-state index in [4.69, 9.17) is 9.47 Å². The molecule has 8 heteroatoms. The van der Waals surface area contributed by atoms with Gasteiger partial charge in [-0.25, -0.2) is 8.42 Å². The largest absolute Gasteiger partial charge is 0.495 e. The van der Waals surface area contributed by atoms with Crippen LogP contribution < -0.4 is 19.1 Å². The van der Waals surface area contributed by atoms with Gasteiger partial charge in [-0.15, -0.1) is 0 Å². The quantitative estimate of drug-likeness (QED) is 0.471. The topological polar surface area (TPSA) is 84.9 Å². The van der Waals surface area contributed by atoms with Crippen LogP contribution in [0.1, 0.15) is 23.6 Å². The third-order valence-corrected chi connectivity index (χ3v) is 6.92. The molecule has 0 unspecified atom stereocenters. The molecule has 0 heterocycles. The van der Waals surface area contributed by atoms with E-state index in [2.05, 4.69) is 5.32 Å². The van der Waals surface area contributed by atoms with Crippen molar-refractivity contribution in [2.45, 2.75) is 32.6 Å². The molecule has 3 aromatic carbocycles. The Bertz CT molecular complexity index is 1270. The van der Waals surface area contributed by atoms with Crippen molar-refractivity contribution in [1.82, 2.24) is 0 Å². The fraction of sp³-hybridized carbons (Fsp3) is 0.269. The number of amides is 1. The molecular weight excluding hydrogens is 452 g/mol. The first-order chi connectivity index (χ1) is 16.1. The molecule has 0 fully saturated rings. The van der Waals surface area contributed by atoms with Crippen LogP contribution in [-0.2, 0) is 14.8 Å². The van der Waals surface area contributed by atoms with E-state index in [0.29, 0.717) is 23.7 Å². The number of sulfonamides is 1. The second-order valence-electron chi connectivity index (χ2n) is 7.99. The van der Waals surface area contributed by atoms with Crippen molar-refractivity contribution in [2.24, 2.45) is 0 Å². The van der Waals surface area contributed by atoms with E-state index in [1.54, 1.807) is 61.5 Å². The lowest BCUT2D eigenvalue weighted by Gasteiger charge is -2.26. The summed E-state index contributed by atoms with van der Waals surface area (Å²) in [6, 6.07) is 17.4. The van der Waals surface area contributed by atoms with Crippen molar-refractivity contribution < 1.29 is 22.7 Å². The number of anilines is 2. The van der Waals surface area contributed by atoms with Crippen LogP contribution in [0.25, 0.3) is 0 Å². The summed E-state index contributed by atoms with van der Waals surface area (Å²) in [5.74, 6) is 0.225. The molecule has 0 atom stereocenters. The van der Waals surface area contributed by atoms with Crippen LogP contribution in [0.3, 0.4) is 0 Å². The normalized spacial score (nSPS) is 11.1. The van der Waals surface area contributed by atoms with Crippen molar-refractivity contribution in [3.63, 3.8) is 0 Å². The van der Waals surface area contributed by atoms with Crippen molar-refractivity contribution in [1.29, 1.82) is 0 Å². The summed E-state index contributed by atoms with van der Waals surface area (Å²) in [5, 5.41) is 2.79. The molecule has 0 saturated heterocycles. The first-order valence-corrected chi connectivity index (χ1v) is 12.4. The average Bonchev–Trinajstić information content (AvgIpc) is 2.78. The monoisotopic (exact) mass is 482 g/mol. The number of hydrogen-bond acceptors (Lipinski definition) is 5. The number of rotatable bonds is 9. The Morgan fingerprint density at radius 1 is 0.912 bits per heavy atom. The van der Waals surface area contributed by atoms with Gasteiger partial charge in [0.2, 0.25) is 5.91 Å². The molecule has 180 valence electrons. The number of benzene rings is 3. The molecule has 0 radical (unpaired) electrons. The number of ether oxygens (including phenoxy) is 2. The van der Waals surface area contributed by atoms with Gasteiger partial charge in [-0.2, -0.15) is 0 Å². The summed E-state index contributed by atoms with van der Waals surface area (Å²) in [5.41, 5.74) is 3.39. The number of nitrogens with one attached hydrogen (secondary N) is 1. The molecule has 0 aliphatic carbocycles. The Morgan fingerprint density at radius 3 is 2.24 bits per heavy atom. The summed E-state index contributed by atoms with van der Waals surface area (Å²) in [6.45, 7) is 7.42. The lowest BCUT2D eigenvalue weighted by Crippen LogP contribution is -2.38. The molecule has 0 aliphatic rings. The van der Waals surface area contributed by atoms with E-state index in [1.165, 1.54) is 7.11 Å². The van der Waals surface area contributed by atoms with E-state index >= 15 is 0 Å². The molecule has 34 heavy (non-hydrogen) atoms. The fourth-order valence-electron chi connectivity index (χ4n) is 3.69. The maximum Gasteiger partial charge on any atom is 0.268 e. The van der Waals surface area contributed by atoms with Crippen LogP contribution in [0.2, 0.25) is 0 Å². The third kappa shape index (κ3) is 5.69. The molecule has 0 aromatic heterocycles. The van der Waals surface area contributed by atoms with Crippen LogP contribution >= 0.6 is 0 Å². The zero-order valence-corrected chi connectivity index (χ0v) is 20.9. The first-order valence-electron chi connectivity index (χ1n) is 10.9. The van der Waals surface area contributed by atoms with E-state index in [9.17, 15) is 13.2 Å². The van der Waals surface area contributed by atoms with Gasteiger partial charge in [-0.3, -0.25) is 9.10 Å². The standard InChI is InChI=1S/C26H30N2O5S/c1-6-33-23-10-8-7-9-22(23)27-26(29)17-28(21-14-19(3)13-20(4)15-21)34(30,31)25-16-18(2)11-12-24(25)32-5/h7-16H,6,17H2,1-5H3,(H,27,29).